The average Bonchev–Trinajstić information content (AvgIpc) is 2.10. The van der Waals surface area contributed by atoms with E-state index in [9.17, 15) is 0 Å². The highest BCUT2D eigenvalue weighted by atomic mass is 28.2. The minimum atomic E-state index is -0.400. The fourth-order valence-electron chi connectivity index (χ4n) is 0.815. The van der Waals surface area contributed by atoms with Crippen LogP contribution in [0.4, 0.5) is 0 Å². The van der Waals surface area contributed by atoms with Crippen LogP contribution in [0.5, 0.6) is 0 Å². The van der Waals surface area contributed by atoms with E-state index < -0.39 is 9.76 Å². The van der Waals surface area contributed by atoms with E-state index in [-0.39, 0.29) is 0 Å². The quantitative estimate of drug-likeness (QED) is 0.418. The highest BCUT2D eigenvalue weighted by Crippen LogP contribution is 1.86. The summed E-state index contributed by atoms with van der Waals surface area (Å²) in [5.74, 6) is 0. The highest BCUT2D eigenvalue weighted by molar-refractivity contribution is 6.26. The lowest BCUT2D eigenvalue weighted by molar-refractivity contribution is 0.164. The maximum Gasteiger partial charge on any atom is 0.186 e. The summed E-state index contributed by atoms with van der Waals surface area (Å²) in [6.07, 6.45) is 4.12. The Morgan fingerprint density at radius 1 is 1.25 bits per heavy atom. The molecule has 0 aromatic rings. The fraction of sp³-hybridized carbons (Fsp3) is 1.00. The van der Waals surface area contributed by atoms with Crippen molar-refractivity contribution in [2.75, 3.05) is 26.0 Å². The predicted octanol–water partition coefficient (Wildman–Crippen LogP) is 0.210. The van der Waals surface area contributed by atoms with E-state index in [1.807, 2.05) is 0 Å². The van der Waals surface area contributed by atoms with Crippen LogP contribution in [0.1, 0.15) is 26.2 Å². The van der Waals surface area contributed by atoms with Gasteiger partial charge >= 0.3 is 0 Å². The lowest BCUT2D eigenvalue weighted by Crippen LogP contribution is -2.10. The molecule has 0 radical (unpaired) electrons. The molecule has 0 spiro atoms. The second-order valence-electron chi connectivity index (χ2n) is 2.72. The SMILES string of the molecule is CCCOC[SiH2]OCCCCN. The van der Waals surface area contributed by atoms with E-state index in [1.165, 1.54) is 0 Å². The summed E-state index contributed by atoms with van der Waals surface area (Å²) < 4.78 is 10.7. The van der Waals surface area contributed by atoms with Gasteiger partial charge in [-0.3, -0.25) is 0 Å². The molecule has 0 fully saturated rings. The summed E-state index contributed by atoms with van der Waals surface area (Å²) in [5.41, 5.74) is 5.34. The van der Waals surface area contributed by atoms with Crippen LogP contribution in [0.25, 0.3) is 0 Å². The van der Waals surface area contributed by atoms with Crippen molar-refractivity contribution in [3.05, 3.63) is 0 Å². The van der Waals surface area contributed by atoms with E-state index in [2.05, 4.69) is 6.92 Å². The minimum Gasteiger partial charge on any atom is -0.422 e. The van der Waals surface area contributed by atoms with E-state index in [4.69, 9.17) is 14.9 Å². The van der Waals surface area contributed by atoms with Crippen LogP contribution in [0.15, 0.2) is 0 Å². The molecule has 0 heterocycles. The summed E-state index contributed by atoms with van der Waals surface area (Å²) in [5, 5.41) is 0. The van der Waals surface area contributed by atoms with Gasteiger partial charge in [-0.25, -0.2) is 0 Å². The van der Waals surface area contributed by atoms with Crippen LogP contribution in [-0.2, 0) is 9.16 Å². The molecular weight excluding hydrogens is 170 g/mol. The van der Waals surface area contributed by atoms with Crippen LogP contribution in [0, 0.1) is 0 Å². The van der Waals surface area contributed by atoms with Crippen molar-refractivity contribution in [2.45, 2.75) is 26.2 Å². The van der Waals surface area contributed by atoms with Crippen molar-refractivity contribution in [1.29, 1.82) is 0 Å². The largest absolute Gasteiger partial charge is 0.422 e. The van der Waals surface area contributed by atoms with E-state index in [1.54, 1.807) is 0 Å². The Morgan fingerprint density at radius 2 is 2.08 bits per heavy atom. The number of unbranched alkanes of at least 4 members (excludes halogenated alkanes) is 1. The van der Waals surface area contributed by atoms with Gasteiger partial charge in [-0.1, -0.05) is 6.92 Å². The molecule has 0 aliphatic carbocycles. The molecule has 0 bridgehead atoms. The number of ether oxygens (including phenoxy) is 1. The highest BCUT2D eigenvalue weighted by Gasteiger charge is 1.89. The Balaban J connectivity index is 2.73. The summed E-state index contributed by atoms with van der Waals surface area (Å²) >= 11 is 0. The summed E-state index contributed by atoms with van der Waals surface area (Å²) in [6, 6.07) is 0. The smallest absolute Gasteiger partial charge is 0.186 e. The van der Waals surface area contributed by atoms with Crippen molar-refractivity contribution in [1.82, 2.24) is 0 Å². The van der Waals surface area contributed by atoms with Crippen LogP contribution in [0.3, 0.4) is 0 Å². The normalized spacial score (nSPS) is 11.5. The summed E-state index contributed by atoms with van der Waals surface area (Å²) in [7, 11) is -0.400. The average molecular weight is 191 g/mol. The Bertz CT molecular complexity index is 73.5. The van der Waals surface area contributed by atoms with Gasteiger partial charge in [0.1, 0.15) is 0 Å². The molecule has 0 aromatic carbocycles. The first-order chi connectivity index (χ1) is 5.91. The molecule has 12 heavy (non-hydrogen) atoms. The van der Waals surface area contributed by atoms with Crippen molar-refractivity contribution < 1.29 is 9.16 Å². The first-order valence-electron chi connectivity index (χ1n) is 4.77. The fourth-order valence-corrected chi connectivity index (χ4v) is 1.66. The van der Waals surface area contributed by atoms with Gasteiger partial charge in [-0.2, -0.15) is 0 Å². The molecule has 0 atom stereocenters. The zero-order valence-electron chi connectivity index (χ0n) is 8.05. The molecule has 0 amide bonds. The van der Waals surface area contributed by atoms with Gasteiger partial charge in [0, 0.05) is 13.2 Å². The van der Waals surface area contributed by atoms with Crippen LogP contribution in [-0.4, -0.2) is 35.8 Å². The van der Waals surface area contributed by atoms with Gasteiger partial charge in [-0.15, -0.1) is 0 Å². The third kappa shape index (κ3) is 10.1. The van der Waals surface area contributed by atoms with Crippen LogP contribution >= 0.6 is 0 Å². The zero-order chi connectivity index (χ0) is 9.07. The standard InChI is InChI=1S/C8H21NO2Si/c1-2-6-10-8-12-11-7-4-3-5-9/h2-9,12H2,1H3. The van der Waals surface area contributed by atoms with E-state index in [0.29, 0.717) is 0 Å². The third-order valence-corrected chi connectivity index (χ3v) is 2.50. The van der Waals surface area contributed by atoms with Gasteiger partial charge in [0.15, 0.2) is 9.76 Å². The van der Waals surface area contributed by atoms with E-state index >= 15 is 0 Å². The molecule has 3 nitrogen and oxygen atoms in total. The molecule has 74 valence electrons. The molecule has 0 aliphatic heterocycles. The van der Waals surface area contributed by atoms with Gasteiger partial charge in [-0.05, 0) is 25.8 Å². The molecule has 0 saturated carbocycles. The Morgan fingerprint density at radius 3 is 2.75 bits per heavy atom. The lowest BCUT2D eigenvalue weighted by Gasteiger charge is -2.03. The van der Waals surface area contributed by atoms with Crippen LogP contribution in [0.2, 0.25) is 0 Å². The van der Waals surface area contributed by atoms with Crippen molar-refractivity contribution >= 4 is 9.76 Å². The van der Waals surface area contributed by atoms with Gasteiger partial charge in [0.05, 0.1) is 6.23 Å². The molecule has 0 aromatic heterocycles. The van der Waals surface area contributed by atoms with Crippen molar-refractivity contribution in [3.8, 4) is 0 Å². The molecule has 4 heteroatoms. The van der Waals surface area contributed by atoms with Crippen molar-refractivity contribution in [3.63, 3.8) is 0 Å². The number of hydrogen-bond acceptors (Lipinski definition) is 3. The zero-order valence-corrected chi connectivity index (χ0v) is 9.46. The molecule has 0 rings (SSSR count). The second kappa shape index (κ2) is 11.1. The maximum absolute atomic E-state index is 5.44. The lowest BCUT2D eigenvalue weighted by atomic mass is 10.3. The van der Waals surface area contributed by atoms with Crippen molar-refractivity contribution in [2.24, 2.45) is 5.73 Å². The first-order valence-corrected chi connectivity index (χ1v) is 6.35. The molecule has 0 saturated heterocycles. The monoisotopic (exact) mass is 191 g/mol. The Labute approximate surface area is 77.6 Å². The second-order valence-corrected chi connectivity index (χ2v) is 3.95. The van der Waals surface area contributed by atoms with Gasteiger partial charge < -0.3 is 14.9 Å². The number of hydrogen-bond donors (Lipinski definition) is 1. The van der Waals surface area contributed by atoms with Crippen LogP contribution < -0.4 is 5.73 Å². The van der Waals surface area contributed by atoms with Gasteiger partial charge in [0.25, 0.3) is 0 Å². The molecule has 0 unspecified atom stereocenters. The molecule has 2 N–H and O–H groups in total. The Hall–Kier alpha value is 0.0969. The topological polar surface area (TPSA) is 44.5 Å². The van der Waals surface area contributed by atoms with Gasteiger partial charge in [0.2, 0.25) is 0 Å². The maximum atomic E-state index is 5.44. The third-order valence-electron chi connectivity index (χ3n) is 1.46. The Kier molecular flexibility index (Phi) is 11.2. The molecular formula is C8H21NO2Si. The number of nitrogens with two attached hydrogens (primary N) is 1. The summed E-state index contributed by atoms with van der Waals surface area (Å²) in [6.45, 7) is 4.64. The van der Waals surface area contributed by atoms with E-state index in [0.717, 1.165) is 45.3 Å². The predicted molar refractivity (Wildman–Crippen MR) is 53.9 cm³/mol. The first kappa shape index (κ1) is 12.1. The summed E-state index contributed by atoms with van der Waals surface area (Å²) in [4.78, 5) is 0. The minimum absolute atomic E-state index is 0.400. The number of rotatable bonds is 9. The molecule has 0 aliphatic rings.